The number of halogens is 1. The summed E-state index contributed by atoms with van der Waals surface area (Å²) in [6.45, 7) is 0.235. The highest BCUT2D eigenvalue weighted by Gasteiger charge is 2.21. The molecule has 1 aliphatic rings. The number of benzene rings is 1. The van der Waals surface area contributed by atoms with Crippen LogP contribution >= 0.6 is 11.6 Å². The van der Waals surface area contributed by atoms with Crippen LogP contribution in [0.1, 0.15) is 37.5 Å². The maximum absolute atomic E-state index is 11.9. The number of tetrazole rings is 1. The molecule has 1 heterocycles. The van der Waals surface area contributed by atoms with Gasteiger partial charge in [0.15, 0.2) is 12.4 Å². The van der Waals surface area contributed by atoms with Crippen molar-refractivity contribution in [3.63, 3.8) is 0 Å². The molecule has 3 rings (SSSR count). The smallest absolute Gasteiger partial charge is 0.258 e. The van der Waals surface area contributed by atoms with E-state index in [-0.39, 0.29) is 12.5 Å². The van der Waals surface area contributed by atoms with Crippen molar-refractivity contribution in [2.75, 3.05) is 6.61 Å². The van der Waals surface area contributed by atoms with Gasteiger partial charge in [0.25, 0.3) is 5.91 Å². The van der Waals surface area contributed by atoms with E-state index in [1.807, 2.05) is 4.68 Å². The number of carbonyl (C=O) groups excluding carboxylic acids is 1. The van der Waals surface area contributed by atoms with Crippen LogP contribution in [0.4, 0.5) is 0 Å². The fraction of sp³-hybridized carbons (Fsp3) is 0.467. The van der Waals surface area contributed by atoms with Gasteiger partial charge in [-0.1, -0.05) is 24.4 Å². The maximum Gasteiger partial charge on any atom is 0.258 e. The van der Waals surface area contributed by atoms with Crippen molar-refractivity contribution in [1.29, 1.82) is 0 Å². The summed E-state index contributed by atoms with van der Waals surface area (Å²) in [5, 5.41) is 15.1. The number of amides is 1. The first-order valence-corrected chi connectivity index (χ1v) is 8.02. The summed E-state index contributed by atoms with van der Waals surface area (Å²) in [6.07, 6.45) is 4.58. The van der Waals surface area contributed by atoms with E-state index < -0.39 is 0 Å². The lowest BCUT2D eigenvalue weighted by atomic mass is 10.2. The summed E-state index contributed by atoms with van der Waals surface area (Å²) in [5.41, 5.74) is 0. The molecule has 1 amide bonds. The second-order valence-corrected chi connectivity index (χ2v) is 5.93. The van der Waals surface area contributed by atoms with Crippen LogP contribution in [-0.2, 0) is 11.3 Å². The van der Waals surface area contributed by atoms with Crippen LogP contribution < -0.4 is 10.1 Å². The van der Waals surface area contributed by atoms with Crippen molar-refractivity contribution in [2.24, 2.45) is 0 Å². The highest BCUT2D eigenvalue weighted by Crippen LogP contribution is 2.28. The Labute approximate surface area is 139 Å². The molecular formula is C15H18ClN5O2. The zero-order chi connectivity index (χ0) is 16.1. The van der Waals surface area contributed by atoms with E-state index in [2.05, 4.69) is 20.8 Å². The van der Waals surface area contributed by atoms with Crippen LogP contribution in [0.25, 0.3) is 0 Å². The van der Waals surface area contributed by atoms with Crippen molar-refractivity contribution < 1.29 is 9.53 Å². The molecule has 1 fully saturated rings. The molecule has 0 bridgehead atoms. The monoisotopic (exact) mass is 335 g/mol. The summed E-state index contributed by atoms with van der Waals surface area (Å²) in [7, 11) is 0. The molecule has 0 unspecified atom stereocenters. The lowest BCUT2D eigenvalue weighted by molar-refractivity contribution is -0.123. The average Bonchev–Trinajstić information content (AvgIpc) is 3.23. The quantitative estimate of drug-likeness (QED) is 0.874. The van der Waals surface area contributed by atoms with Crippen LogP contribution in [0.3, 0.4) is 0 Å². The first-order valence-electron chi connectivity index (χ1n) is 7.64. The molecule has 1 saturated carbocycles. The third-order valence-electron chi connectivity index (χ3n) is 3.86. The Bertz CT molecular complexity index is 652. The Morgan fingerprint density at radius 1 is 1.30 bits per heavy atom. The van der Waals surface area contributed by atoms with Crippen molar-refractivity contribution in [2.45, 2.75) is 38.3 Å². The summed E-state index contributed by atoms with van der Waals surface area (Å²) in [4.78, 5) is 11.9. The van der Waals surface area contributed by atoms with Gasteiger partial charge in [-0.3, -0.25) is 4.79 Å². The average molecular weight is 336 g/mol. The highest BCUT2D eigenvalue weighted by atomic mass is 35.5. The Kier molecular flexibility index (Phi) is 5.07. The molecule has 23 heavy (non-hydrogen) atoms. The largest absolute Gasteiger partial charge is 0.484 e. The first-order chi connectivity index (χ1) is 11.2. The molecule has 8 heteroatoms. The summed E-state index contributed by atoms with van der Waals surface area (Å²) < 4.78 is 7.22. The van der Waals surface area contributed by atoms with Crippen molar-refractivity contribution >= 4 is 17.5 Å². The van der Waals surface area contributed by atoms with Gasteiger partial charge in [-0.2, -0.15) is 0 Å². The molecule has 122 valence electrons. The SMILES string of the molecule is O=C(COc1ccc(Cl)cc1)NCc1nnnn1C1CCCC1. The zero-order valence-electron chi connectivity index (χ0n) is 12.6. The van der Waals surface area contributed by atoms with Gasteiger partial charge in [-0.25, -0.2) is 4.68 Å². The molecule has 0 atom stereocenters. The molecule has 1 N–H and O–H groups in total. The molecule has 0 radical (unpaired) electrons. The number of carbonyl (C=O) groups is 1. The van der Waals surface area contributed by atoms with Crippen LogP contribution in [0.15, 0.2) is 24.3 Å². The topological polar surface area (TPSA) is 81.9 Å². The Balaban J connectivity index is 1.47. The minimum atomic E-state index is -0.221. The minimum Gasteiger partial charge on any atom is -0.484 e. The normalized spacial score (nSPS) is 14.8. The van der Waals surface area contributed by atoms with Gasteiger partial charge in [0.1, 0.15) is 5.75 Å². The lowest BCUT2D eigenvalue weighted by Crippen LogP contribution is -2.30. The Morgan fingerprint density at radius 2 is 2.04 bits per heavy atom. The number of nitrogens with zero attached hydrogens (tertiary/aromatic N) is 4. The van der Waals surface area contributed by atoms with Crippen molar-refractivity contribution in [3.05, 3.63) is 35.1 Å². The van der Waals surface area contributed by atoms with E-state index in [0.717, 1.165) is 12.8 Å². The second kappa shape index (κ2) is 7.41. The van der Waals surface area contributed by atoms with Gasteiger partial charge in [0, 0.05) is 5.02 Å². The number of hydrogen-bond acceptors (Lipinski definition) is 5. The number of nitrogens with one attached hydrogen (secondary N) is 1. The fourth-order valence-electron chi connectivity index (χ4n) is 2.67. The zero-order valence-corrected chi connectivity index (χ0v) is 13.4. The third-order valence-corrected chi connectivity index (χ3v) is 4.11. The van der Waals surface area contributed by atoms with E-state index in [0.29, 0.717) is 29.2 Å². The molecular weight excluding hydrogens is 318 g/mol. The molecule has 1 aromatic carbocycles. The van der Waals surface area contributed by atoms with E-state index >= 15 is 0 Å². The second-order valence-electron chi connectivity index (χ2n) is 5.50. The van der Waals surface area contributed by atoms with Crippen molar-refractivity contribution in [1.82, 2.24) is 25.5 Å². The van der Waals surface area contributed by atoms with E-state index in [1.54, 1.807) is 24.3 Å². The van der Waals surface area contributed by atoms with E-state index in [1.165, 1.54) is 12.8 Å². The first kappa shape index (κ1) is 15.7. The van der Waals surface area contributed by atoms with Gasteiger partial charge in [-0.05, 0) is 47.5 Å². The summed E-state index contributed by atoms with van der Waals surface area (Å²) >= 11 is 5.79. The van der Waals surface area contributed by atoms with E-state index in [9.17, 15) is 4.79 Å². The molecule has 0 aliphatic heterocycles. The van der Waals surface area contributed by atoms with Crippen LogP contribution in [0, 0.1) is 0 Å². The Hall–Kier alpha value is -2.15. The fourth-order valence-corrected chi connectivity index (χ4v) is 2.80. The van der Waals surface area contributed by atoms with Crippen LogP contribution in [0.2, 0.25) is 5.02 Å². The predicted molar refractivity (Wildman–Crippen MR) is 84.1 cm³/mol. The number of hydrogen-bond donors (Lipinski definition) is 1. The summed E-state index contributed by atoms with van der Waals surface area (Å²) in [6, 6.07) is 7.21. The number of ether oxygens (including phenoxy) is 1. The minimum absolute atomic E-state index is 0.0629. The lowest BCUT2D eigenvalue weighted by Gasteiger charge is -2.12. The molecule has 2 aromatic rings. The number of aromatic nitrogens is 4. The Morgan fingerprint density at radius 3 is 2.78 bits per heavy atom. The number of rotatable bonds is 6. The van der Waals surface area contributed by atoms with Crippen LogP contribution in [-0.4, -0.2) is 32.7 Å². The van der Waals surface area contributed by atoms with Gasteiger partial charge in [-0.15, -0.1) is 5.10 Å². The third kappa shape index (κ3) is 4.19. The maximum atomic E-state index is 11.9. The standard InChI is InChI=1S/C15H18ClN5O2/c16-11-5-7-13(8-6-11)23-10-15(22)17-9-14-18-19-20-21(14)12-3-1-2-4-12/h5-8,12H,1-4,9-10H2,(H,17,22). The van der Waals surface area contributed by atoms with Gasteiger partial charge >= 0.3 is 0 Å². The molecule has 1 aromatic heterocycles. The summed E-state index contributed by atoms with van der Waals surface area (Å²) in [5.74, 6) is 1.05. The molecule has 0 saturated heterocycles. The predicted octanol–water partition coefficient (Wildman–Crippen LogP) is 2.14. The van der Waals surface area contributed by atoms with Gasteiger partial charge in [0.05, 0.1) is 12.6 Å². The van der Waals surface area contributed by atoms with Crippen LogP contribution in [0.5, 0.6) is 5.75 Å². The van der Waals surface area contributed by atoms with Gasteiger partial charge < -0.3 is 10.1 Å². The highest BCUT2D eigenvalue weighted by molar-refractivity contribution is 6.30. The molecule has 0 spiro atoms. The molecule has 7 nitrogen and oxygen atoms in total. The van der Waals surface area contributed by atoms with Crippen molar-refractivity contribution in [3.8, 4) is 5.75 Å². The molecule has 1 aliphatic carbocycles. The van der Waals surface area contributed by atoms with Gasteiger partial charge in [0.2, 0.25) is 0 Å². The van der Waals surface area contributed by atoms with E-state index in [4.69, 9.17) is 16.3 Å².